The lowest BCUT2D eigenvalue weighted by Crippen LogP contribution is -2.46. The van der Waals surface area contributed by atoms with E-state index in [9.17, 15) is 46.3 Å². The first-order valence-electron chi connectivity index (χ1n) is 20.6. The highest BCUT2D eigenvalue weighted by molar-refractivity contribution is 5.91. The molecule has 5 heterocycles. The monoisotopic (exact) mass is 988 g/mol. The highest BCUT2D eigenvalue weighted by Gasteiger charge is 2.36. The summed E-state index contributed by atoms with van der Waals surface area (Å²) >= 11 is 0. The molecule has 0 aliphatic carbocycles. The number of carbonyl (C=O) groups excluding carboxylic acids is 6. The number of rotatable bonds is 11. The number of aliphatic hydroxyl groups excluding tert-OH is 1. The Labute approximate surface area is 391 Å². The van der Waals surface area contributed by atoms with Crippen molar-refractivity contribution in [1.29, 1.82) is 0 Å². The van der Waals surface area contributed by atoms with Crippen LogP contribution in [0.4, 0.5) is 69.3 Å². The minimum atomic E-state index is -3.22. The fraction of sp³-hybridized carbons (Fsp3) is 0.488. The highest BCUT2D eigenvalue weighted by Crippen LogP contribution is 2.33. The summed E-state index contributed by atoms with van der Waals surface area (Å²) < 4.78 is 99.3. The van der Waals surface area contributed by atoms with Gasteiger partial charge in [-0.3, -0.25) is 39.5 Å². The first-order chi connectivity index (χ1) is 31.9. The molecule has 4 saturated heterocycles. The number of hydrogen-bond donors (Lipinski definition) is 6. The largest absolute Gasteiger partial charge is 0.442 e. The van der Waals surface area contributed by atoms with Crippen molar-refractivity contribution in [3.8, 4) is 0 Å². The van der Waals surface area contributed by atoms with Crippen molar-refractivity contribution in [2.24, 2.45) is 0 Å². The Morgan fingerprint density at radius 3 is 1.64 bits per heavy atom. The van der Waals surface area contributed by atoms with Crippen LogP contribution in [-0.2, 0) is 23.9 Å². The number of aromatic nitrogens is 1. The van der Waals surface area contributed by atoms with E-state index < -0.39 is 78.5 Å². The van der Waals surface area contributed by atoms with Gasteiger partial charge in [-0.1, -0.05) is 20.0 Å². The van der Waals surface area contributed by atoms with Gasteiger partial charge >= 0.3 is 24.6 Å². The topological polar surface area (TPSA) is 247 Å². The lowest BCUT2D eigenvalue weighted by atomic mass is 10.2. The molecule has 2 aromatic carbocycles. The molecule has 4 fully saturated rings. The third kappa shape index (κ3) is 13.8. The van der Waals surface area contributed by atoms with Gasteiger partial charge in [0.1, 0.15) is 35.9 Å². The molecule has 4 aliphatic heterocycles. The average Bonchev–Trinajstić information content (AvgIpc) is 3.84. The predicted octanol–water partition coefficient (Wildman–Crippen LogP) is 2.67. The molecular formula is C41H54F6N12O10. The molecule has 0 spiro atoms. The zero-order valence-corrected chi connectivity index (χ0v) is 35.8. The van der Waals surface area contributed by atoms with Crippen LogP contribution < -0.4 is 46.4 Å². The Morgan fingerprint density at radius 2 is 1.20 bits per heavy atom. The van der Waals surface area contributed by atoms with Crippen LogP contribution in [0.5, 0.6) is 0 Å². The number of hydrazine groups is 2. The first kappa shape index (κ1) is 54.5. The molecular weight excluding hydrogens is 935 g/mol. The first-order valence-corrected chi connectivity index (χ1v) is 20.6. The Morgan fingerprint density at radius 1 is 0.739 bits per heavy atom. The van der Waals surface area contributed by atoms with Gasteiger partial charge in [0, 0.05) is 76.5 Å². The number of aliphatic hydroxyl groups is 1. The van der Waals surface area contributed by atoms with Crippen molar-refractivity contribution < 1.29 is 74.2 Å². The molecule has 7 amide bonds. The lowest BCUT2D eigenvalue weighted by Gasteiger charge is -2.25. The van der Waals surface area contributed by atoms with E-state index in [0.29, 0.717) is 5.76 Å². The van der Waals surface area contributed by atoms with Gasteiger partial charge in [-0.25, -0.2) is 42.8 Å². The number of benzene rings is 2. The van der Waals surface area contributed by atoms with Crippen LogP contribution in [-0.4, -0.2) is 160 Å². The highest BCUT2D eigenvalue weighted by atomic mass is 19.3. The number of nitrogens with zero attached hydrogens (tertiary/aromatic N) is 7. The Hall–Kier alpha value is -7.07. The quantitative estimate of drug-likeness (QED) is 0.151. The zero-order chi connectivity index (χ0) is 48.5. The van der Waals surface area contributed by atoms with Crippen LogP contribution in [0.15, 0.2) is 34.9 Å². The van der Waals surface area contributed by atoms with Crippen LogP contribution in [0.25, 0.3) is 0 Å². The minimum absolute atomic E-state index is 0. The molecule has 380 valence electrons. The summed E-state index contributed by atoms with van der Waals surface area (Å²) in [6, 6.07) is 5.08. The normalized spacial score (nSPS) is 18.2. The van der Waals surface area contributed by atoms with Gasteiger partial charge < -0.3 is 39.5 Å². The second-order valence-electron chi connectivity index (χ2n) is 15.1. The van der Waals surface area contributed by atoms with Crippen LogP contribution in [0, 0.1) is 30.2 Å². The summed E-state index contributed by atoms with van der Waals surface area (Å²) in [6.07, 6.45) is -6.52. The van der Waals surface area contributed by atoms with Gasteiger partial charge in [0.2, 0.25) is 5.91 Å². The van der Waals surface area contributed by atoms with E-state index in [1.807, 2.05) is 5.32 Å². The van der Waals surface area contributed by atoms with E-state index in [1.165, 1.54) is 21.7 Å². The Kier molecular flexibility index (Phi) is 19.2. The van der Waals surface area contributed by atoms with Crippen molar-refractivity contribution >= 4 is 64.5 Å². The van der Waals surface area contributed by atoms with Gasteiger partial charge in [0.15, 0.2) is 29.1 Å². The molecule has 4 aliphatic rings. The summed E-state index contributed by atoms with van der Waals surface area (Å²) in [4.78, 5) is 75.3. The van der Waals surface area contributed by atoms with Gasteiger partial charge in [0.25, 0.3) is 11.8 Å². The maximum atomic E-state index is 15.1. The second kappa shape index (κ2) is 24.3. The molecule has 28 heteroatoms. The number of amides is 7. The number of aryl methyl sites for hydroxylation is 1. The average molecular weight is 989 g/mol. The van der Waals surface area contributed by atoms with E-state index >= 15 is 8.78 Å². The van der Waals surface area contributed by atoms with E-state index in [2.05, 4.69) is 26.6 Å². The number of alkyl halides is 2. The van der Waals surface area contributed by atoms with Gasteiger partial charge in [-0.2, -0.15) is 8.78 Å². The maximum Gasteiger partial charge on any atom is 0.414 e. The van der Waals surface area contributed by atoms with Crippen molar-refractivity contribution in [3.05, 3.63) is 59.4 Å². The Bertz CT molecular complexity index is 2290. The standard InChI is InChI=1S/C21H25F2N7O5.C18H21F4N5O5.2CH4/c1-12-7-18(27-35-12)26-20(32)30-6-5-28(4-3-25-30)19-16(22)8-14(9-17(19)23)29-11-15(34-21(29)33)10-24-13(2)31;19-12-5-10(26-8-11(32-18(26)31)7-23-17(30)16(21)22)6-13(20)15(12)25-2-1-24-27(4-3-25)14(29)9-28;;/h7-9,15,25H,3-6,10-11H2,1-2H3,(H,24,31)(H,26,27,32);5-6,11,16,24,28H,1-4,7-9H2,(H,23,30);2*1H4/t15-;11-;;/m00../s1. The third-order valence-corrected chi connectivity index (χ3v) is 10.4. The number of ether oxygens (including phenoxy) is 2. The summed E-state index contributed by atoms with van der Waals surface area (Å²) in [5, 5.41) is 22.1. The SMILES string of the molecule is C.C.CC(=O)NC[C@H]1CN(c2cc(F)c(N3CCNN(C(=O)Nc4cc(C)on4)CC3)c(F)c2)C(=O)O1.O=C(NC[C@H]1CN(c2cc(F)c(N3CCNN(C(=O)CO)CC3)c(F)c2)C(=O)O1)C(F)F. The Balaban J connectivity index is 0.000000293. The molecule has 0 saturated carbocycles. The van der Waals surface area contributed by atoms with Crippen LogP contribution in [0.3, 0.4) is 0 Å². The molecule has 3 aromatic rings. The van der Waals surface area contributed by atoms with Gasteiger partial charge in [0.05, 0.1) is 50.6 Å². The number of halogens is 6. The summed E-state index contributed by atoms with van der Waals surface area (Å²) in [7, 11) is 0. The number of hydrogen-bond acceptors (Lipinski definition) is 15. The molecule has 1 aromatic heterocycles. The molecule has 0 radical (unpaired) electrons. The number of anilines is 5. The molecule has 69 heavy (non-hydrogen) atoms. The van der Waals surface area contributed by atoms with Crippen LogP contribution in [0.2, 0.25) is 0 Å². The molecule has 0 bridgehead atoms. The summed E-state index contributed by atoms with van der Waals surface area (Å²) in [5.41, 5.74) is 4.94. The maximum absolute atomic E-state index is 15.1. The van der Waals surface area contributed by atoms with E-state index in [4.69, 9.17) is 19.1 Å². The summed E-state index contributed by atoms with van der Waals surface area (Å²) in [5.74, 6) is -5.20. The van der Waals surface area contributed by atoms with Crippen LogP contribution in [0.1, 0.15) is 27.5 Å². The number of urea groups is 1. The number of carbonyl (C=O) groups is 6. The van der Waals surface area contributed by atoms with Gasteiger partial charge in [-0.15, -0.1) is 0 Å². The summed E-state index contributed by atoms with van der Waals surface area (Å²) in [6.45, 7) is 3.15. The smallest absolute Gasteiger partial charge is 0.414 e. The minimum Gasteiger partial charge on any atom is -0.442 e. The molecule has 22 nitrogen and oxygen atoms in total. The van der Waals surface area contributed by atoms with Crippen LogP contribution >= 0.6 is 0 Å². The molecule has 2 atom stereocenters. The van der Waals surface area contributed by atoms with E-state index in [0.717, 1.165) is 39.1 Å². The van der Waals surface area contributed by atoms with E-state index in [1.54, 1.807) is 13.0 Å². The van der Waals surface area contributed by atoms with Crippen molar-refractivity contribution in [2.45, 2.75) is 47.3 Å². The number of cyclic esters (lactones) is 2. The van der Waals surface area contributed by atoms with Gasteiger partial charge in [-0.05, 0) is 6.92 Å². The molecule has 6 N–H and O–H groups in total. The number of nitrogens with one attached hydrogen (secondary N) is 5. The van der Waals surface area contributed by atoms with Crippen molar-refractivity contribution in [3.63, 3.8) is 0 Å². The fourth-order valence-electron chi connectivity index (χ4n) is 7.23. The van der Waals surface area contributed by atoms with E-state index in [-0.39, 0.29) is 128 Å². The predicted molar refractivity (Wildman–Crippen MR) is 235 cm³/mol. The second-order valence-corrected chi connectivity index (χ2v) is 15.1. The van der Waals surface area contributed by atoms with Crippen molar-refractivity contribution in [2.75, 3.05) is 110 Å². The third-order valence-electron chi connectivity index (χ3n) is 10.4. The zero-order valence-electron chi connectivity index (χ0n) is 35.8. The van der Waals surface area contributed by atoms with Crippen molar-refractivity contribution in [1.82, 2.24) is 36.7 Å². The fourth-order valence-corrected chi connectivity index (χ4v) is 7.23. The molecule has 0 unspecified atom stereocenters. The lowest BCUT2D eigenvalue weighted by molar-refractivity contribution is -0.137. The molecule has 7 rings (SSSR count).